The van der Waals surface area contributed by atoms with Gasteiger partial charge in [-0.2, -0.15) is 0 Å². The summed E-state index contributed by atoms with van der Waals surface area (Å²) >= 11 is 6.29. The third-order valence-electron chi connectivity index (χ3n) is 7.74. The predicted octanol–water partition coefficient (Wildman–Crippen LogP) is 5.11. The van der Waals surface area contributed by atoms with Crippen molar-refractivity contribution in [2.24, 2.45) is 5.73 Å². The van der Waals surface area contributed by atoms with Gasteiger partial charge in [0.05, 0.1) is 11.4 Å². The lowest BCUT2D eigenvalue weighted by molar-refractivity contribution is 0.111. The fraction of sp³-hybridized carbons (Fsp3) is 0.600. The fourth-order valence-corrected chi connectivity index (χ4v) is 5.81. The van der Waals surface area contributed by atoms with E-state index in [-0.39, 0.29) is 30.2 Å². The van der Waals surface area contributed by atoms with Crippen molar-refractivity contribution in [1.29, 1.82) is 0 Å². The molecule has 182 valence electrons. The van der Waals surface area contributed by atoms with Gasteiger partial charge in [0.2, 0.25) is 5.95 Å². The Bertz CT molecular complexity index is 955. The van der Waals surface area contributed by atoms with Crippen molar-refractivity contribution in [1.82, 2.24) is 14.9 Å². The van der Waals surface area contributed by atoms with Gasteiger partial charge in [-0.3, -0.25) is 4.90 Å². The summed E-state index contributed by atoms with van der Waals surface area (Å²) in [5.41, 5.74) is 11.7. The smallest absolute Gasteiger partial charge is 0.225 e. The van der Waals surface area contributed by atoms with Gasteiger partial charge in [0.15, 0.2) is 0 Å². The molecule has 5 nitrogen and oxygen atoms in total. The number of rotatable bonds is 5. The lowest BCUT2D eigenvalue weighted by atomic mass is 9.68. The number of nitrogens with two attached hydrogens (primary N) is 1. The van der Waals surface area contributed by atoms with E-state index < -0.39 is 0 Å². The van der Waals surface area contributed by atoms with Crippen LogP contribution in [0.1, 0.15) is 67.0 Å². The number of anilines is 1. The average Bonchev–Trinajstić information content (AvgIpc) is 3.63. The summed E-state index contributed by atoms with van der Waals surface area (Å²) in [4.78, 5) is 14.6. The van der Waals surface area contributed by atoms with Crippen LogP contribution in [-0.4, -0.2) is 48.1 Å². The van der Waals surface area contributed by atoms with E-state index in [4.69, 9.17) is 27.3 Å². The van der Waals surface area contributed by atoms with Crippen molar-refractivity contribution < 1.29 is 0 Å². The second-order valence-corrected chi connectivity index (χ2v) is 10.4. The molecular formula is C25H36Cl3N5. The normalized spacial score (nSPS) is 24.9. The van der Waals surface area contributed by atoms with Crippen molar-refractivity contribution in [3.8, 4) is 0 Å². The summed E-state index contributed by atoms with van der Waals surface area (Å²) in [6.07, 6.45) is 8.26. The summed E-state index contributed by atoms with van der Waals surface area (Å²) in [7, 11) is 4.09. The first kappa shape index (κ1) is 26.5. The minimum Gasteiger partial charge on any atom is -0.347 e. The van der Waals surface area contributed by atoms with E-state index in [1.807, 2.05) is 25.1 Å². The molecule has 0 unspecified atom stereocenters. The molecule has 0 saturated heterocycles. The molecule has 2 aromatic rings. The number of benzene rings is 1. The molecule has 3 aliphatic rings. The standard InChI is InChI=1S/C25H34ClN5.2ClH/c1-30(2)24-28-22-15-31(13-10-21(22)23(29-24)17-6-7-17)20-8-11-25(16-27,12-9-20)18-4-3-5-19(26)14-18;;/h3-5,14,17,20H,6-13,15-16,27H2,1-2H3;2*1H/t20-,25+;;. The molecule has 0 amide bonds. The van der Waals surface area contributed by atoms with Gasteiger partial charge in [-0.05, 0) is 68.2 Å². The van der Waals surface area contributed by atoms with Crippen LogP contribution in [0, 0.1) is 0 Å². The molecule has 0 bridgehead atoms. The molecule has 0 atom stereocenters. The molecule has 0 radical (unpaired) electrons. The number of aromatic nitrogens is 2. The molecule has 1 aliphatic heterocycles. The van der Waals surface area contributed by atoms with Crippen molar-refractivity contribution in [2.45, 2.75) is 68.9 Å². The van der Waals surface area contributed by atoms with Crippen LogP contribution in [0.4, 0.5) is 5.95 Å². The summed E-state index contributed by atoms with van der Waals surface area (Å²) < 4.78 is 0. The van der Waals surface area contributed by atoms with Crippen molar-refractivity contribution in [2.75, 3.05) is 32.1 Å². The van der Waals surface area contributed by atoms with Crippen LogP contribution in [-0.2, 0) is 18.4 Å². The average molecular weight is 513 g/mol. The van der Waals surface area contributed by atoms with Gasteiger partial charge in [-0.25, -0.2) is 9.97 Å². The highest BCUT2D eigenvalue weighted by Gasteiger charge is 2.39. The van der Waals surface area contributed by atoms with Gasteiger partial charge in [0.1, 0.15) is 0 Å². The molecule has 1 aromatic heterocycles. The number of halogens is 3. The minimum atomic E-state index is 0. The number of nitrogens with zero attached hydrogens (tertiary/aromatic N) is 4. The Kier molecular flexibility index (Phi) is 8.56. The Hall–Kier alpha value is -1.11. The van der Waals surface area contributed by atoms with E-state index in [0.29, 0.717) is 18.5 Å². The molecule has 2 N–H and O–H groups in total. The van der Waals surface area contributed by atoms with Crippen molar-refractivity contribution >= 4 is 42.4 Å². The van der Waals surface area contributed by atoms with Crippen LogP contribution in [0.5, 0.6) is 0 Å². The van der Waals surface area contributed by atoms with E-state index >= 15 is 0 Å². The Balaban J connectivity index is 0.00000153. The third kappa shape index (κ3) is 5.28. The Morgan fingerprint density at radius 2 is 1.85 bits per heavy atom. The SMILES string of the molecule is CN(C)c1nc2c(c(C3CC3)n1)CCN([C@H]1CC[C@@](CN)(c3cccc(Cl)c3)CC1)C2.Cl.Cl. The summed E-state index contributed by atoms with van der Waals surface area (Å²) in [5, 5.41) is 0.808. The monoisotopic (exact) mass is 511 g/mol. The fourth-order valence-electron chi connectivity index (χ4n) is 5.62. The van der Waals surface area contributed by atoms with E-state index in [1.54, 1.807) is 0 Å². The molecule has 33 heavy (non-hydrogen) atoms. The number of hydrogen-bond donors (Lipinski definition) is 1. The molecule has 5 rings (SSSR count). The van der Waals surface area contributed by atoms with Crippen molar-refractivity contribution in [3.05, 3.63) is 51.8 Å². The van der Waals surface area contributed by atoms with Crippen LogP contribution in [0.25, 0.3) is 0 Å². The zero-order valence-electron chi connectivity index (χ0n) is 19.6. The Labute approximate surface area is 215 Å². The molecule has 2 heterocycles. The van der Waals surface area contributed by atoms with Gasteiger partial charge in [0.25, 0.3) is 0 Å². The van der Waals surface area contributed by atoms with Gasteiger partial charge in [-0.1, -0.05) is 23.7 Å². The highest BCUT2D eigenvalue weighted by molar-refractivity contribution is 6.30. The third-order valence-corrected chi connectivity index (χ3v) is 7.97. The lowest BCUT2D eigenvalue weighted by Gasteiger charge is -2.44. The number of hydrogen-bond acceptors (Lipinski definition) is 5. The summed E-state index contributed by atoms with van der Waals surface area (Å²) in [5.74, 6) is 1.54. The molecule has 0 spiro atoms. The Morgan fingerprint density at radius 3 is 2.45 bits per heavy atom. The topological polar surface area (TPSA) is 58.3 Å². The molecule has 1 aromatic carbocycles. The first-order valence-corrected chi connectivity index (χ1v) is 12.1. The van der Waals surface area contributed by atoms with Gasteiger partial charge in [0, 0.05) is 56.1 Å². The number of fused-ring (bicyclic) bond motifs is 1. The van der Waals surface area contributed by atoms with Gasteiger partial charge in [-0.15, -0.1) is 24.8 Å². The summed E-state index contributed by atoms with van der Waals surface area (Å²) in [6.45, 7) is 2.76. The molecular weight excluding hydrogens is 477 g/mol. The van der Waals surface area contributed by atoms with Crippen LogP contribution in [0.2, 0.25) is 5.02 Å². The van der Waals surface area contributed by atoms with Gasteiger partial charge >= 0.3 is 0 Å². The molecule has 8 heteroatoms. The van der Waals surface area contributed by atoms with Crippen LogP contribution in [0.15, 0.2) is 24.3 Å². The predicted molar refractivity (Wildman–Crippen MR) is 141 cm³/mol. The van der Waals surface area contributed by atoms with E-state index in [2.05, 4.69) is 23.1 Å². The second-order valence-electron chi connectivity index (χ2n) is 9.95. The van der Waals surface area contributed by atoms with Crippen LogP contribution >= 0.6 is 36.4 Å². The second kappa shape index (κ2) is 10.7. The first-order valence-electron chi connectivity index (χ1n) is 11.8. The first-order chi connectivity index (χ1) is 15.0. The van der Waals surface area contributed by atoms with E-state index in [9.17, 15) is 0 Å². The highest BCUT2D eigenvalue weighted by atomic mass is 35.5. The highest BCUT2D eigenvalue weighted by Crippen LogP contribution is 2.44. The van der Waals surface area contributed by atoms with E-state index in [0.717, 1.165) is 43.3 Å². The van der Waals surface area contributed by atoms with Crippen LogP contribution in [0.3, 0.4) is 0 Å². The maximum absolute atomic E-state index is 6.33. The molecule has 2 saturated carbocycles. The maximum atomic E-state index is 6.33. The quantitative estimate of drug-likeness (QED) is 0.603. The van der Waals surface area contributed by atoms with Gasteiger partial charge < -0.3 is 10.6 Å². The molecule has 2 aliphatic carbocycles. The lowest BCUT2D eigenvalue weighted by Crippen LogP contribution is -2.47. The maximum Gasteiger partial charge on any atom is 0.225 e. The Morgan fingerprint density at radius 1 is 1.12 bits per heavy atom. The van der Waals surface area contributed by atoms with E-state index in [1.165, 1.54) is 48.2 Å². The zero-order valence-corrected chi connectivity index (χ0v) is 22.0. The molecule has 2 fully saturated rings. The van der Waals surface area contributed by atoms with Crippen LogP contribution < -0.4 is 10.6 Å². The minimum absolute atomic E-state index is 0. The summed E-state index contributed by atoms with van der Waals surface area (Å²) in [6, 6.07) is 8.93. The zero-order chi connectivity index (χ0) is 21.6. The van der Waals surface area contributed by atoms with Crippen molar-refractivity contribution in [3.63, 3.8) is 0 Å². The largest absolute Gasteiger partial charge is 0.347 e.